The molecular formula is C26H30F3N3. The Morgan fingerprint density at radius 2 is 1.75 bits per heavy atom. The van der Waals surface area contributed by atoms with Gasteiger partial charge in [-0.25, -0.2) is 0 Å². The number of nitrogens with zero attached hydrogens (tertiary/aromatic N) is 1. The number of hydrogen-bond acceptors (Lipinski definition) is 3. The molecule has 0 aliphatic carbocycles. The molecule has 0 radical (unpaired) electrons. The molecule has 0 aliphatic rings. The molecule has 0 aromatic heterocycles. The average molecular weight is 442 g/mol. The summed E-state index contributed by atoms with van der Waals surface area (Å²) in [7, 11) is 1.74. The molecule has 2 rings (SSSR count). The van der Waals surface area contributed by atoms with Gasteiger partial charge >= 0.3 is 6.18 Å². The van der Waals surface area contributed by atoms with Crippen molar-refractivity contribution in [3.63, 3.8) is 0 Å². The van der Waals surface area contributed by atoms with Crippen LogP contribution in [0.15, 0.2) is 89.7 Å². The first-order valence-corrected chi connectivity index (χ1v) is 10.4. The molecule has 0 unspecified atom stereocenters. The van der Waals surface area contributed by atoms with E-state index in [2.05, 4.69) is 48.2 Å². The molecule has 170 valence electrons. The van der Waals surface area contributed by atoms with E-state index in [1.165, 1.54) is 6.07 Å². The topological polar surface area (TPSA) is 36.4 Å². The van der Waals surface area contributed by atoms with E-state index in [-0.39, 0.29) is 0 Å². The van der Waals surface area contributed by atoms with Crippen LogP contribution in [-0.4, -0.2) is 13.3 Å². The highest BCUT2D eigenvalue weighted by molar-refractivity contribution is 5.73. The van der Waals surface area contributed by atoms with Crippen molar-refractivity contribution in [2.24, 2.45) is 10.9 Å². The lowest BCUT2D eigenvalue weighted by Gasteiger charge is -2.14. The largest absolute Gasteiger partial charge is 0.416 e. The number of nitrogens with one attached hydrogen (secondary N) is 2. The minimum Gasteiger partial charge on any atom is -0.342 e. The predicted molar refractivity (Wildman–Crippen MR) is 129 cm³/mol. The molecule has 0 heterocycles. The van der Waals surface area contributed by atoms with Gasteiger partial charge in [0.1, 0.15) is 5.82 Å². The van der Waals surface area contributed by atoms with Crippen molar-refractivity contribution in [2.45, 2.75) is 32.9 Å². The molecular weight excluding hydrogens is 411 g/mol. The minimum absolute atomic E-state index is 0.314. The number of halogens is 3. The first kappa shape index (κ1) is 25.0. The summed E-state index contributed by atoms with van der Waals surface area (Å²) < 4.78 is 38.6. The zero-order valence-electron chi connectivity index (χ0n) is 18.7. The van der Waals surface area contributed by atoms with E-state index in [0.717, 1.165) is 41.8 Å². The maximum atomic E-state index is 12.9. The lowest BCUT2D eigenvalue weighted by Crippen LogP contribution is -2.10. The molecule has 0 bridgehead atoms. The van der Waals surface area contributed by atoms with Crippen LogP contribution in [0.4, 0.5) is 24.5 Å². The van der Waals surface area contributed by atoms with Gasteiger partial charge in [0.2, 0.25) is 0 Å². The minimum atomic E-state index is -4.39. The van der Waals surface area contributed by atoms with Gasteiger partial charge in [-0.15, -0.1) is 0 Å². The molecule has 2 aromatic rings. The molecule has 0 fully saturated rings. The Labute approximate surface area is 188 Å². The Morgan fingerprint density at radius 3 is 2.38 bits per heavy atom. The first-order chi connectivity index (χ1) is 15.2. The van der Waals surface area contributed by atoms with E-state index in [9.17, 15) is 13.2 Å². The lowest BCUT2D eigenvalue weighted by molar-refractivity contribution is -0.137. The Hall–Kier alpha value is -3.28. The number of aliphatic imine (C=N–C) groups is 1. The van der Waals surface area contributed by atoms with Crippen LogP contribution in [0.5, 0.6) is 0 Å². The number of benzene rings is 2. The van der Waals surface area contributed by atoms with Crippen LogP contribution in [0.3, 0.4) is 0 Å². The van der Waals surface area contributed by atoms with E-state index in [4.69, 9.17) is 0 Å². The van der Waals surface area contributed by atoms with Crippen molar-refractivity contribution < 1.29 is 13.2 Å². The van der Waals surface area contributed by atoms with Crippen LogP contribution in [-0.2, 0) is 12.6 Å². The second kappa shape index (κ2) is 11.9. The second-order valence-electron chi connectivity index (χ2n) is 7.86. The summed E-state index contributed by atoms with van der Waals surface area (Å²) in [5.41, 5.74) is 2.69. The third-order valence-electron chi connectivity index (χ3n) is 4.52. The van der Waals surface area contributed by atoms with Crippen molar-refractivity contribution >= 4 is 17.6 Å². The van der Waals surface area contributed by atoms with Crippen LogP contribution in [0, 0.1) is 5.92 Å². The number of allylic oxidation sites excluding steroid dienone is 4. The Morgan fingerprint density at radius 1 is 1.06 bits per heavy atom. The normalized spacial score (nSPS) is 12.7. The number of hydrogen-bond donors (Lipinski definition) is 2. The first-order valence-electron chi connectivity index (χ1n) is 10.4. The van der Waals surface area contributed by atoms with Crippen LogP contribution < -0.4 is 10.6 Å². The Kier molecular flexibility index (Phi) is 9.32. The lowest BCUT2D eigenvalue weighted by atomic mass is 10.0. The van der Waals surface area contributed by atoms with Crippen LogP contribution in [0.2, 0.25) is 0 Å². The standard InChI is InChI=1S/C26H30F3N3/c1-19(2)7-5-8-21(15-16-30-4)17-22-11-13-24(14-12-22)31-20(3)32-25-10-6-9-23(18-25)26(27,28)29/h5-6,8-16,18-19,31-32H,3,7,17H2,1-2,4H3/b8-5+,21-15+,30-16?. The zero-order valence-corrected chi connectivity index (χ0v) is 18.7. The maximum Gasteiger partial charge on any atom is 0.416 e. The van der Waals surface area contributed by atoms with Crippen molar-refractivity contribution in [3.8, 4) is 0 Å². The van der Waals surface area contributed by atoms with Crippen molar-refractivity contribution in [2.75, 3.05) is 17.7 Å². The molecule has 0 amide bonds. The summed E-state index contributed by atoms with van der Waals surface area (Å²) in [5, 5.41) is 5.94. The van der Waals surface area contributed by atoms with Crippen molar-refractivity contribution in [3.05, 3.63) is 95.9 Å². The smallest absolute Gasteiger partial charge is 0.342 e. The summed E-state index contributed by atoms with van der Waals surface area (Å²) in [6.07, 6.45) is 5.50. The fourth-order valence-electron chi connectivity index (χ4n) is 2.93. The van der Waals surface area contributed by atoms with Gasteiger partial charge in [-0.3, -0.25) is 4.99 Å². The molecule has 0 saturated heterocycles. The average Bonchev–Trinajstić information content (AvgIpc) is 2.72. The second-order valence-corrected chi connectivity index (χ2v) is 7.86. The molecule has 2 N–H and O–H groups in total. The number of alkyl halides is 3. The quantitative estimate of drug-likeness (QED) is 0.296. The summed E-state index contributed by atoms with van der Waals surface area (Å²) in [6, 6.07) is 12.8. The van der Waals surface area contributed by atoms with Gasteiger partial charge in [0.05, 0.1) is 5.56 Å². The molecule has 0 spiro atoms. The van der Waals surface area contributed by atoms with E-state index < -0.39 is 11.7 Å². The van der Waals surface area contributed by atoms with Crippen molar-refractivity contribution in [1.82, 2.24) is 0 Å². The summed E-state index contributed by atoms with van der Waals surface area (Å²) in [4.78, 5) is 4.04. The summed E-state index contributed by atoms with van der Waals surface area (Å²) >= 11 is 0. The number of rotatable bonds is 10. The molecule has 32 heavy (non-hydrogen) atoms. The van der Waals surface area contributed by atoms with Gasteiger partial charge < -0.3 is 10.6 Å². The highest BCUT2D eigenvalue weighted by atomic mass is 19.4. The van der Waals surface area contributed by atoms with E-state index >= 15 is 0 Å². The monoisotopic (exact) mass is 441 g/mol. The van der Waals surface area contributed by atoms with Gasteiger partial charge in [0, 0.05) is 24.6 Å². The molecule has 6 heteroatoms. The molecule has 0 saturated carbocycles. The number of anilines is 2. The van der Waals surface area contributed by atoms with Gasteiger partial charge in [-0.2, -0.15) is 13.2 Å². The van der Waals surface area contributed by atoms with Crippen LogP contribution in [0.25, 0.3) is 0 Å². The Bertz CT molecular complexity index is 969. The summed E-state index contributed by atoms with van der Waals surface area (Å²) in [5.74, 6) is 0.990. The summed E-state index contributed by atoms with van der Waals surface area (Å²) in [6.45, 7) is 8.22. The maximum absolute atomic E-state index is 12.9. The zero-order chi connectivity index (χ0) is 23.6. The van der Waals surface area contributed by atoms with Gasteiger partial charge in [0.15, 0.2) is 0 Å². The fourth-order valence-corrected chi connectivity index (χ4v) is 2.93. The molecule has 0 aliphatic heterocycles. The van der Waals surface area contributed by atoms with Gasteiger partial charge in [-0.05, 0) is 66.3 Å². The van der Waals surface area contributed by atoms with Crippen LogP contribution in [0.1, 0.15) is 31.4 Å². The van der Waals surface area contributed by atoms with Crippen LogP contribution >= 0.6 is 0 Å². The molecule has 0 atom stereocenters. The van der Waals surface area contributed by atoms with Gasteiger partial charge in [0.25, 0.3) is 0 Å². The van der Waals surface area contributed by atoms with E-state index in [0.29, 0.717) is 17.4 Å². The predicted octanol–water partition coefficient (Wildman–Crippen LogP) is 7.47. The molecule has 2 aromatic carbocycles. The van der Waals surface area contributed by atoms with Gasteiger partial charge in [-0.1, -0.05) is 50.8 Å². The third-order valence-corrected chi connectivity index (χ3v) is 4.52. The highest BCUT2D eigenvalue weighted by Crippen LogP contribution is 2.31. The van der Waals surface area contributed by atoms with E-state index in [1.54, 1.807) is 19.3 Å². The fraction of sp³-hybridized carbons (Fsp3) is 0.269. The SMILES string of the molecule is C=C(Nc1ccc(CC(=C/C=NC)/C=C/CC(C)C)cc1)Nc1cccc(C(F)(F)F)c1. The van der Waals surface area contributed by atoms with Crippen molar-refractivity contribution in [1.29, 1.82) is 0 Å². The molecule has 3 nitrogen and oxygen atoms in total. The highest BCUT2D eigenvalue weighted by Gasteiger charge is 2.30. The van der Waals surface area contributed by atoms with E-state index in [1.807, 2.05) is 30.3 Å². The Balaban J connectivity index is 1.99. The third kappa shape index (κ3) is 8.84.